The third-order valence-electron chi connectivity index (χ3n) is 3.72. The van der Waals surface area contributed by atoms with E-state index < -0.39 is 6.10 Å². The standard InChI is InChI=1S/C20H25NO2/c1-3-4-6-9-17-12-14-18(15-13-17)21-20(22)16(2)23-19-10-7-5-8-11-19/h5,7-8,10-16H,3-4,6,9H2,1-2H3,(H,21,22)/t16-/m0/s1. The van der Waals surface area contributed by atoms with Gasteiger partial charge in [0, 0.05) is 5.69 Å². The van der Waals surface area contributed by atoms with E-state index in [0.717, 1.165) is 12.1 Å². The van der Waals surface area contributed by atoms with Crippen molar-refractivity contribution in [1.82, 2.24) is 0 Å². The summed E-state index contributed by atoms with van der Waals surface area (Å²) >= 11 is 0. The van der Waals surface area contributed by atoms with Crippen LogP contribution >= 0.6 is 0 Å². The highest BCUT2D eigenvalue weighted by atomic mass is 16.5. The first-order chi connectivity index (χ1) is 11.2. The van der Waals surface area contributed by atoms with Crippen molar-refractivity contribution in [3.63, 3.8) is 0 Å². The fourth-order valence-corrected chi connectivity index (χ4v) is 2.33. The van der Waals surface area contributed by atoms with Crippen LogP contribution < -0.4 is 10.1 Å². The molecule has 0 bridgehead atoms. The van der Waals surface area contributed by atoms with E-state index in [4.69, 9.17) is 4.74 Å². The molecule has 0 radical (unpaired) electrons. The molecule has 0 saturated carbocycles. The maximum atomic E-state index is 12.2. The van der Waals surface area contributed by atoms with Gasteiger partial charge in [-0.3, -0.25) is 4.79 Å². The summed E-state index contributed by atoms with van der Waals surface area (Å²) in [7, 11) is 0. The van der Waals surface area contributed by atoms with Crippen LogP contribution in [0.25, 0.3) is 0 Å². The van der Waals surface area contributed by atoms with E-state index in [2.05, 4.69) is 24.4 Å². The maximum absolute atomic E-state index is 12.2. The molecule has 0 unspecified atom stereocenters. The Morgan fingerprint density at radius 1 is 1.04 bits per heavy atom. The zero-order valence-corrected chi connectivity index (χ0v) is 13.9. The molecule has 0 saturated heterocycles. The highest BCUT2D eigenvalue weighted by Gasteiger charge is 2.14. The van der Waals surface area contributed by atoms with Gasteiger partial charge in [0.05, 0.1) is 0 Å². The minimum Gasteiger partial charge on any atom is -0.481 e. The predicted molar refractivity (Wildman–Crippen MR) is 94.8 cm³/mol. The molecule has 3 nitrogen and oxygen atoms in total. The Hall–Kier alpha value is -2.29. The Kier molecular flexibility index (Phi) is 6.67. The predicted octanol–water partition coefficient (Wildman–Crippen LogP) is 4.83. The van der Waals surface area contributed by atoms with Crippen molar-refractivity contribution in [3.8, 4) is 5.75 Å². The molecule has 2 aromatic rings. The Morgan fingerprint density at radius 3 is 2.39 bits per heavy atom. The lowest BCUT2D eigenvalue weighted by atomic mass is 10.1. The first-order valence-corrected chi connectivity index (χ1v) is 8.30. The molecule has 0 fully saturated rings. The zero-order chi connectivity index (χ0) is 16.5. The molecule has 2 aromatic carbocycles. The summed E-state index contributed by atoms with van der Waals surface area (Å²) in [5, 5.41) is 2.89. The SMILES string of the molecule is CCCCCc1ccc(NC(=O)[C@H](C)Oc2ccccc2)cc1. The smallest absolute Gasteiger partial charge is 0.265 e. The van der Waals surface area contributed by atoms with Crippen molar-refractivity contribution in [2.24, 2.45) is 0 Å². The Bertz CT molecular complexity index is 593. The molecule has 1 atom stereocenters. The van der Waals surface area contributed by atoms with Gasteiger partial charge in [0.15, 0.2) is 6.10 Å². The summed E-state index contributed by atoms with van der Waals surface area (Å²) in [5.41, 5.74) is 2.11. The van der Waals surface area contributed by atoms with E-state index in [1.54, 1.807) is 6.92 Å². The van der Waals surface area contributed by atoms with E-state index in [0.29, 0.717) is 5.75 Å². The first-order valence-electron chi connectivity index (χ1n) is 8.30. The van der Waals surface area contributed by atoms with Gasteiger partial charge in [0.2, 0.25) is 0 Å². The first kappa shape index (κ1) is 17.1. The number of carbonyl (C=O) groups excluding carboxylic acids is 1. The largest absolute Gasteiger partial charge is 0.481 e. The molecule has 0 aliphatic rings. The van der Waals surface area contributed by atoms with Gasteiger partial charge in [0.1, 0.15) is 5.75 Å². The zero-order valence-electron chi connectivity index (χ0n) is 13.9. The number of para-hydroxylation sites is 1. The van der Waals surface area contributed by atoms with E-state index in [1.165, 1.54) is 24.8 Å². The molecule has 0 aromatic heterocycles. The highest BCUT2D eigenvalue weighted by Crippen LogP contribution is 2.14. The molecule has 1 N–H and O–H groups in total. The van der Waals surface area contributed by atoms with Crippen molar-refractivity contribution >= 4 is 11.6 Å². The molecule has 23 heavy (non-hydrogen) atoms. The number of nitrogens with one attached hydrogen (secondary N) is 1. The number of aryl methyl sites for hydroxylation is 1. The summed E-state index contributed by atoms with van der Waals surface area (Å²) in [4.78, 5) is 12.2. The molecule has 0 heterocycles. The second-order valence-electron chi connectivity index (χ2n) is 5.72. The number of benzene rings is 2. The molecular formula is C20H25NO2. The van der Waals surface area contributed by atoms with E-state index in [-0.39, 0.29) is 5.91 Å². The minimum atomic E-state index is -0.540. The maximum Gasteiger partial charge on any atom is 0.265 e. The monoisotopic (exact) mass is 311 g/mol. The lowest BCUT2D eigenvalue weighted by molar-refractivity contribution is -0.122. The fraction of sp³-hybridized carbons (Fsp3) is 0.350. The topological polar surface area (TPSA) is 38.3 Å². The number of unbranched alkanes of at least 4 members (excludes halogenated alkanes) is 2. The van der Waals surface area contributed by atoms with Gasteiger partial charge >= 0.3 is 0 Å². The van der Waals surface area contributed by atoms with Crippen LogP contribution in [-0.2, 0) is 11.2 Å². The molecule has 2 rings (SSSR count). The highest BCUT2D eigenvalue weighted by molar-refractivity contribution is 5.94. The summed E-state index contributed by atoms with van der Waals surface area (Å²) in [6.45, 7) is 3.96. The van der Waals surface area contributed by atoms with Gasteiger partial charge in [-0.15, -0.1) is 0 Å². The molecule has 1 amide bonds. The number of rotatable bonds is 8. The Balaban J connectivity index is 1.84. The van der Waals surface area contributed by atoms with Gasteiger partial charge in [-0.05, 0) is 49.6 Å². The lowest BCUT2D eigenvalue weighted by Gasteiger charge is -2.14. The summed E-state index contributed by atoms with van der Waals surface area (Å²) < 4.78 is 5.63. The van der Waals surface area contributed by atoms with Crippen LogP contribution in [0.4, 0.5) is 5.69 Å². The molecule has 122 valence electrons. The van der Waals surface area contributed by atoms with Gasteiger partial charge < -0.3 is 10.1 Å². The van der Waals surface area contributed by atoms with Crippen LogP contribution in [0.15, 0.2) is 54.6 Å². The quantitative estimate of drug-likeness (QED) is 0.709. The fourth-order valence-electron chi connectivity index (χ4n) is 2.33. The van der Waals surface area contributed by atoms with Crippen LogP contribution in [0.2, 0.25) is 0 Å². The van der Waals surface area contributed by atoms with Crippen molar-refractivity contribution in [2.75, 3.05) is 5.32 Å². The second-order valence-corrected chi connectivity index (χ2v) is 5.72. The van der Waals surface area contributed by atoms with E-state index in [1.807, 2.05) is 42.5 Å². The molecule has 0 aliphatic carbocycles. The van der Waals surface area contributed by atoms with Gasteiger partial charge in [-0.25, -0.2) is 0 Å². The number of anilines is 1. The normalized spacial score (nSPS) is 11.7. The average Bonchev–Trinajstić information content (AvgIpc) is 2.57. The number of hydrogen-bond donors (Lipinski definition) is 1. The second kappa shape index (κ2) is 8.99. The summed E-state index contributed by atoms with van der Waals surface area (Å²) in [6, 6.07) is 17.4. The number of ether oxygens (including phenoxy) is 1. The third kappa shape index (κ3) is 5.78. The van der Waals surface area contributed by atoms with Crippen molar-refractivity contribution in [1.29, 1.82) is 0 Å². The van der Waals surface area contributed by atoms with Gasteiger partial charge in [0.25, 0.3) is 5.91 Å². The number of amides is 1. The lowest BCUT2D eigenvalue weighted by Crippen LogP contribution is -2.30. The average molecular weight is 311 g/mol. The Labute approximate surface area is 138 Å². The molecule has 3 heteroatoms. The summed E-state index contributed by atoms with van der Waals surface area (Å²) in [6.07, 6.45) is 4.25. The van der Waals surface area contributed by atoms with E-state index >= 15 is 0 Å². The minimum absolute atomic E-state index is 0.146. The molecular weight excluding hydrogens is 286 g/mol. The molecule has 0 aliphatic heterocycles. The van der Waals surface area contributed by atoms with Crippen molar-refractivity contribution in [3.05, 3.63) is 60.2 Å². The molecule has 0 spiro atoms. The van der Waals surface area contributed by atoms with Crippen LogP contribution in [-0.4, -0.2) is 12.0 Å². The van der Waals surface area contributed by atoms with Gasteiger partial charge in [-0.1, -0.05) is 50.1 Å². The van der Waals surface area contributed by atoms with Crippen molar-refractivity contribution in [2.45, 2.75) is 45.6 Å². The van der Waals surface area contributed by atoms with E-state index in [9.17, 15) is 4.79 Å². The number of carbonyl (C=O) groups is 1. The van der Waals surface area contributed by atoms with Crippen LogP contribution in [0, 0.1) is 0 Å². The van der Waals surface area contributed by atoms with Gasteiger partial charge in [-0.2, -0.15) is 0 Å². The van der Waals surface area contributed by atoms with Crippen LogP contribution in [0.1, 0.15) is 38.7 Å². The van der Waals surface area contributed by atoms with Crippen molar-refractivity contribution < 1.29 is 9.53 Å². The Morgan fingerprint density at radius 2 is 1.74 bits per heavy atom. The third-order valence-corrected chi connectivity index (χ3v) is 3.72. The van der Waals surface area contributed by atoms with Crippen LogP contribution in [0.3, 0.4) is 0 Å². The van der Waals surface area contributed by atoms with Crippen LogP contribution in [0.5, 0.6) is 5.75 Å². The summed E-state index contributed by atoms with van der Waals surface area (Å²) in [5.74, 6) is 0.550. The number of hydrogen-bond acceptors (Lipinski definition) is 2.